The van der Waals surface area contributed by atoms with Gasteiger partial charge in [-0.25, -0.2) is 0 Å². The molecule has 2 N–H and O–H groups in total. The van der Waals surface area contributed by atoms with Crippen LogP contribution in [0.15, 0.2) is 24.3 Å². The number of ether oxygens (including phenoxy) is 1. The third kappa shape index (κ3) is 4.45. The summed E-state index contributed by atoms with van der Waals surface area (Å²) in [5, 5.41) is 20.0. The SMILES string of the molecule is N#CCOc1cccc(CNCCO)c1. The lowest BCUT2D eigenvalue weighted by Crippen LogP contribution is -2.17. The van der Waals surface area contributed by atoms with E-state index in [1.807, 2.05) is 30.3 Å². The van der Waals surface area contributed by atoms with Gasteiger partial charge in [-0.15, -0.1) is 0 Å². The molecular weight excluding hydrogens is 192 g/mol. The molecule has 0 unspecified atom stereocenters. The van der Waals surface area contributed by atoms with E-state index in [-0.39, 0.29) is 13.2 Å². The Labute approximate surface area is 89.1 Å². The monoisotopic (exact) mass is 206 g/mol. The average molecular weight is 206 g/mol. The van der Waals surface area contributed by atoms with Crippen LogP contribution in [0, 0.1) is 11.3 Å². The van der Waals surface area contributed by atoms with Crippen molar-refractivity contribution in [2.75, 3.05) is 19.8 Å². The minimum absolute atomic E-state index is 0.0630. The second-order valence-electron chi connectivity index (χ2n) is 2.99. The summed E-state index contributed by atoms with van der Waals surface area (Å²) in [4.78, 5) is 0. The van der Waals surface area contributed by atoms with Crippen LogP contribution in [0.25, 0.3) is 0 Å². The smallest absolute Gasteiger partial charge is 0.174 e. The molecule has 0 aromatic heterocycles. The molecule has 4 nitrogen and oxygen atoms in total. The van der Waals surface area contributed by atoms with Gasteiger partial charge < -0.3 is 15.2 Å². The molecule has 0 bridgehead atoms. The summed E-state index contributed by atoms with van der Waals surface area (Å²) in [7, 11) is 0. The second-order valence-corrected chi connectivity index (χ2v) is 2.99. The Morgan fingerprint density at radius 1 is 1.47 bits per heavy atom. The van der Waals surface area contributed by atoms with E-state index in [2.05, 4.69) is 5.32 Å². The van der Waals surface area contributed by atoms with Gasteiger partial charge in [0.1, 0.15) is 11.8 Å². The molecular formula is C11H14N2O2. The number of aliphatic hydroxyl groups is 1. The molecule has 1 rings (SSSR count). The van der Waals surface area contributed by atoms with Crippen LogP contribution in [0.4, 0.5) is 0 Å². The number of nitriles is 1. The summed E-state index contributed by atoms with van der Waals surface area (Å²) in [6.07, 6.45) is 0. The zero-order valence-electron chi connectivity index (χ0n) is 8.44. The molecule has 0 amide bonds. The third-order valence-electron chi connectivity index (χ3n) is 1.82. The summed E-state index contributed by atoms with van der Waals surface area (Å²) in [6.45, 7) is 1.45. The van der Waals surface area contributed by atoms with Gasteiger partial charge in [-0.1, -0.05) is 12.1 Å². The maximum Gasteiger partial charge on any atom is 0.174 e. The molecule has 0 heterocycles. The molecule has 0 atom stereocenters. The number of nitrogens with zero attached hydrogens (tertiary/aromatic N) is 1. The number of benzene rings is 1. The van der Waals surface area contributed by atoms with Crippen LogP contribution >= 0.6 is 0 Å². The summed E-state index contributed by atoms with van der Waals surface area (Å²) in [6, 6.07) is 9.45. The Morgan fingerprint density at radius 3 is 3.07 bits per heavy atom. The average Bonchev–Trinajstić information content (AvgIpc) is 2.27. The standard InChI is InChI=1S/C11H14N2O2/c12-4-7-15-11-3-1-2-10(8-11)9-13-5-6-14/h1-3,8,13-14H,5-7,9H2. The van der Waals surface area contributed by atoms with Crippen molar-refractivity contribution in [3.8, 4) is 11.8 Å². The van der Waals surface area contributed by atoms with Crippen molar-refractivity contribution in [1.29, 1.82) is 5.26 Å². The van der Waals surface area contributed by atoms with Crippen molar-refractivity contribution in [1.82, 2.24) is 5.32 Å². The second kappa shape index (κ2) is 6.82. The molecule has 0 fully saturated rings. The Bertz CT molecular complexity index is 334. The first kappa shape index (κ1) is 11.5. The first-order chi connectivity index (χ1) is 7.36. The van der Waals surface area contributed by atoms with Crippen molar-refractivity contribution < 1.29 is 9.84 Å². The molecule has 0 saturated carbocycles. The van der Waals surface area contributed by atoms with E-state index < -0.39 is 0 Å². The van der Waals surface area contributed by atoms with Crippen molar-refractivity contribution in [3.63, 3.8) is 0 Å². The highest BCUT2D eigenvalue weighted by Crippen LogP contribution is 2.12. The lowest BCUT2D eigenvalue weighted by Gasteiger charge is -2.05. The molecule has 0 aliphatic heterocycles. The van der Waals surface area contributed by atoms with E-state index in [1.165, 1.54) is 0 Å². The Hall–Kier alpha value is -1.57. The minimum atomic E-state index is 0.0630. The lowest BCUT2D eigenvalue weighted by atomic mass is 10.2. The van der Waals surface area contributed by atoms with Crippen LogP contribution in [0.3, 0.4) is 0 Å². The normalized spacial score (nSPS) is 9.60. The van der Waals surface area contributed by atoms with Gasteiger partial charge in [-0.05, 0) is 17.7 Å². The van der Waals surface area contributed by atoms with E-state index in [0.717, 1.165) is 5.56 Å². The maximum absolute atomic E-state index is 8.59. The van der Waals surface area contributed by atoms with Gasteiger partial charge in [0.25, 0.3) is 0 Å². The highest BCUT2D eigenvalue weighted by Gasteiger charge is 1.96. The Kier molecular flexibility index (Phi) is 5.23. The van der Waals surface area contributed by atoms with Crippen molar-refractivity contribution in [2.24, 2.45) is 0 Å². The van der Waals surface area contributed by atoms with Gasteiger partial charge in [-0.2, -0.15) is 5.26 Å². The molecule has 0 aliphatic rings. The molecule has 15 heavy (non-hydrogen) atoms. The topological polar surface area (TPSA) is 65.3 Å². The predicted molar refractivity (Wildman–Crippen MR) is 56.3 cm³/mol. The number of aliphatic hydroxyl groups excluding tert-OH is 1. The van der Waals surface area contributed by atoms with Crippen LogP contribution in [-0.2, 0) is 6.54 Å². The number of rotatable bonds is 6. The van der Waals surface area contributed by atoms with Crippen molar-refractivity contribution >= 4 is 0 Å². The lowest BCUT2D eigenvalue weighted by molar-refractivity contribution is 0.292. The zero-order chi connectivity index (χ0) is 10.9. The molecule has 80 valence electrons. The van der Waals surface area contributed by atoms with E-state index in [4.69, 9.17) is 15.1 Å². The van der Waals surface area contributed by atoms with Gasteiger partial charge in [0.05, 0.1) is 6.61 Å². The summed E-state index contributed by atoms with van der Waals surface area (Å²) in [5.74, 6) is 0.694. The van der Waals surface area contributed by atoms with Crippen LogP contribution in [0.2, 0.25) is 0 Å². The fourth-order valence-electron chi connectivity index (χ4n) is 1.17. The van der Waals surface area contributed by atoms with E-state index >= 15 is 0 Å². The summed E-state index contributed by atoms with van der Waals surface area (Å²) < 4.78 is 5.16. The Balaban J connectivity index is 2.47. The van der Waals surface area contributed by atoms with E-state index in [9.17, 15) is 0 Å². The zero-order valence-corrected chi connectivity index (χ0v) is 8.44. The number of hydrogen-bond acceptors (Lipinski definition) is 4. The molecule has 1 aromatic carbocycles. The first-order valence-corrected chi connectivity index (χ1v) is 4.77. The van der Waals surface area contributed by atoms with Gasteiger partial charge in [-0.3, -0.25) is 0 Å². The van der Waals surface area contributed by atoms with Crippen LogP contribution < -0.4 is 10.1 Å². The van der Waals surface area contributed by atoms with Crippen LogP contribution in [0.1, 0.15) is 5.56 Å². The first-order valence-electron chi connectivity index (χ1n) is 4.77. The fraction of sp³-hybridized carbons (Fsp3) is 0.364. The fourth-order valence-corrected chi connectivity index (χ4v) is 1.17. The summed E-state index contributed by atoms with van der Waals surface area (Å²) in [5.41, 5.74) is 1.07. The molecule has 0 spiro atoms. The van der Waals surface area contributed by atoms with Crippen molar-refractivity contribution in [2.45, 2.75) is 6.54 Å². The largest absolute Gasteiger partial charge is 0.479 e. The van der Waals surface area contributed by atoms with Gasteiger partial charge >= 0.3 is 0 Å². The molecule has 0 aliphatic carbocycles. The quantitative estimate of drug-likeness (QED) is 0.671. The molecule has 0 radical (unpaired) electrons. The highest BCUT2D eigenvalue weighted by atomic mass is 16.5. The van der Waals surface area contributed by atoms with Gasteiger partial charge in [0.15, 0.2) is 6.61 Å². The molecule has 0 saturated heterocycles. The minimum Gasteiger partial charge on any atom is -0.479 e. The van der Waals surface area contributed by atoms with E-state index in [0.29, 0.717) is 18.8 Å². The number of nitrogens with one attached hydrogen (secondary N) is 1. The van der Waals surface area contributed by atoms with E-state index in [1.54, 1.807) is 0 Å². The highest BCUT2D eigenvalue weighted by molar-refractivity contribution is 5.28. The molecule has 4 heteroatoms. The predicted octanol–water partition coefficient (Wildman–Crippen LogP) is 0.671. The maximum atomic E-state index is 8.59. The Morgan fingerprint density at radius 2 is 2.33 bits per heavy atom. The third-order valence-corrected chi connectivity index (χ3v) is 1.82. The molecule has 1 aromatic rings. The number of hydrogen-bond donors (Lipinski definition) is 2. The van der Waals surface area contributed by atoms with Gasteiger partial charge in [0, 0.05) is 13.1 Å². The van der Waals surface area contributed by atoms with Crippen LogP contribution in [-0.4, -0.2) is 24.9 Å². The van der Waals surface area contributed by atoms with Crippen LogP contribution in [0.5, 0.6) is 5.75 Å². The summed E-state index contributed by atoms with van der Waals surface area (Å²) >= 11 is 0. The van der Waals surface area contributed by atoms with Crippen molar-refractivity contribution in [3.05, 3.63) is 29.8 Å². The van der Waals surface area contributed by atoms with Gasteiger partial charge in [0.2, 0.25) is 0 Å².